The van der Waals surface area contributed by atoms with Crippen LogP contribution in [0.4, 0.5) is 5.82 Å². The van der Waals surface area contributed by atoms with E-state index in [-0.39, 0.29) is 17.3 Å². The first-order valence-corrected chi connectivity index (χ1v) is 7.62. The highest BCUT2D eigenvalue weighted by Crippen LogP contribution is 2.22. The SMILES string of the molecule is CCn1cc(S(=O)(=O)N(C)Cc2ccoc2C)c(N)n1. The molecule has 0 radical (unpaired) electrons. The minimum atomic E-state index is -3.67. The maximum Gasteiger partial charge on any atom is 0.248 e. The number of rotatable bonds is 5. The van der Waals surface area contributed by atoms with Crippen molar-refractivity contribution in [1.29, 1.82) is 0 Å². The first-order chi connectivity index (χ1) is 9.36. The molecule has 2 aromatic heterocycles. The largest absolute Gasteiger partial charge is 0.469 e. The topological polar surface area (TPSA) is 94.4 Å². The summed E-state index contributed by atoms with van der Waals surface area (Å²) in [4.78, 5) is 0.0306. The summed E-state index contributed by atoms with van der Waals surface area (Å²) in [6.07, 6.45) is 2.98. The summed E-state index contributed by atoms with van der Waals surface area (Å²) >= 11 is 0. The lowest BCUT2D eigenvalue weighted by atomic mass is 10.3. The molecule has 0 aliphatic carbocycles. The summed E-state index contributed by atoms with van der Waals surface area (Å²) in [6, 6.07) is 1.75. The third-order valence-corrected chi connectivity index (χ3v) is 4.95. The molecule has 8 heteroatoms. The van der Waals surface area contributed by atoms with Gasteiger partial charge < -0.3 is 10.2 Å². The lowest BCUT2D eigenvalue weighted by molar-refractivity contribution is 0.459. The van der Waals surface area contributed by atoms with Crippen molar-refractivity contribution in [2.24, 2.45) is 0 Å². The van der Waals surface area contributed by atoms with Gasteiger partial charge in [-0.1, -0.05) is 0 Å². The number of nitrogen functional groups attached to an aromatic ring is 1. The van der Waals surface area contributed by atoms with Gasteiger partial charge in [-0.3, -0.25) is 4.68 Å². The molecule has 20 heavy (non-hydrogen) atoms. The van der Waals surface area contributed by atoms with Crippen molar-refractivity contribution < 1.29 is 12.8 Å². The molecule has 0 atom stereocenters. The normalized spacial score (nSPS) is 12.2. The highest BCUT2D eigenvalue weighted by Gasteiger charge is 2.26. The van der Waals surface area contributed by atoms with Gasteiger partial charge in [0.1, 0.15) is 10.7 Å². The van der Waals surface area contributed by atoms with Crippen LogP contribution in [0.25, 0.3) is 0 Å². The van der Waals surface area contributed by atoms with E-state index in [4.69, 9.17) is 10.2 Å². The molecule has 0 bridgehead atoms. The Morgan fingerprint density at radius 3 is 2.70 bits per heavy atom. The van der Waals surface area contributed by atoms with E-state index < -0.39 is 10.0 Å². The first-order valence-electron chi connectivity index (χ1n) is 6.18. The fourth-order valence-electron chi connectivity index (χ4n) is 1.85. The Bertz CT molecular complexity index is 702. The lowest BCUT2D eigenvalue weighted by Gasteiger charge is -2.15. The molecule has 0 aliphatic heterocycles. The summed E-state index contributed by atoms with van der Waals surface area (Å²) in [5.74, 6) is 0.715. The molecule has 2 N–H and O–H groups in total. The van der Waals surface area contributed by atoms with E-state index in [1.54, 1.807) is 13.0 Å². The minimum Gasteiger partial charge on any atom is -0.469 e. The number of furan rings is 1. The monoisotopic (exact) mass is 298 g/mol. The number of aryl methyl sites for hydroxylation is 2. The van der Waals surface area contributed by atoms with Crippen molar-refractivity contribution in [1.82, 2.24) is 14.1 Å². The number of aromatic nitrogens is 2. The molecular formula is C12H18N4O3S. The molecule has 7 nitrogen and oxygen atoms in total. The van der Waals surface area contributed by atoms with Crippen LogP contribution in [-0.4, -0.2) is 29.6 Å². The van der Waals surface area contributed by atoms with Crippen molar-refractivity contribution in [3.8, 4) is 0 Å². The summed E-state index contributed by atoms with van der Waals surface area (Å²) in [5.41, 5.74) is 6.51. The number of anilines is 1. The van der Waals surface area contributed by atoms with Gasteiger partial charge in [-0.25, -0.2) is 8.42 Å². The predicted octanol–water partition coefficient (Wildman–Crippen LogP) is 1.21. The number of nitrogens with zero attached hydrogens (tertiary/aromatic N) is 3. The molecule has 110 valence electrons. The molecule has 2 rings (SSSR count). The molecule has 0 spiro atoms. The van der Waals surface area contributed by atoms with Gasteiger partial charge in [0.05, 0.1) is 6.26 Å². The summed E-state index contributed by atoms with van der Waals surface area (Å²) < 4.78 is 32.9. The highest BCUT2D eigenvalue weighted by molar-refractivity contribution is 7.89. The Hall–Kier alpha value is -1.80. The molecule has 0 saturated carbocycles. The van der Waals surface area contributed by atoms with Crippen molar-refractivity contribution >= 4 is 15.8 Å². The Morgan fingerprint density at radius 1 is 1.50 bits per heavy atom. The van der Waals surface area contributed by atoms with Crippen molar-refractivity contribution in [2.45, 2.75) is 31.8 Å². The maximum absolute atomic E-state index is 12.5. The average Bonchev–Trinajstić information content (AvgIpc) is 2.96. The predicted molar refractivity (Wildman–Crippen MR) is 74.4 cm³/mol. The van der Waals surface area contributed by atoms with Crippen LogP contribution >= 0.6 is 0 Å². The molecule has 0 amide bonds. The summed E-state index contributed by atoms with van der Waals surface area (Å²) in [7, 11) is -2.16. The van der Waals surface area contributed by atoms with Gasteiger partial charge in [0.15, 0.2) is 5.82 Å². The zero-order chi connectivity index (χ0) is 14.9. The number of nitrogens with two attached hydrogens (primary N) is 1. The van der Waals surface area contributed by atoms with Gasteiger partial charge in [0.2, 0.25) is 10.0 Å². The van der Waals surface area contributed by atoms with E-state index in [1.165, 1.54) is 28.5 Å². The van der Waals surface area contributed by atoms with Gasteiger partial charge in [-0.15, -0.1) is 0 Å². The van der Waals surface area contributed by atoms with E-state index in [0.717, 1.165) is 5.56 Å². The summed E-state index contributed by atoms with van der Waals surface area (Å²) in [6.45, 7) is 4.44. The third-order valence-electron chi connectivity index (χ3n) is 3.13. The third kappa shape index (κ3) is 2.56. The van der Waals surface area contributed by atoms with Crippen LogP contribution in [-0.2, 0) is 23.1 Å². The molecule has 0 aliphatic rings. The van der Waals surface area contributed by atoms with E-state index in [2.05, 4.69) is 5.10 Å². The lowest BCUT2D eigenvalue weighted by Crippen LogP contribution is -2.27. The second-order valence-corrected chi connectivity index (χ2v) is 6.51. The maximum atomic E-state index is 12.5. The van der Waals surface area contributed by atoms with Crippen LogP contribution in [0.15, 0.2) is 27.8 Å². The summed E-state index contributed by atoms with van der Waals surface area (Å²) in [5, 5.41) is 3.96. The smallest absolute Gasteiger partial charge is 0.248 e. The van der Waals surface area contributed by atoms with Crippen LogP contribution < -0.4 is 5.73 Å². The average molecular weight is 298 g/mol. The molecule has 0 fully saturated rings. The van der Waals surface area contributed by atoms with E-state index in [0.29, 0.717) is 12.3 Å². The fourth-order valence-corrected chi connectivity index (χ4v) is 3.05. The first kappa shape index (κ1) is 14.6. The molecule has 0 saturated heterocycles. The number of hydrogen-bond donors (Lipinski definition) is 1. The van der Waals surface area contributed by atoms with Gasteiger partial charge in [0, 0.05) is 31.9 Å². The second kappa shape index (κ2) is 5.29. The Morgan fingerprint density at radius 2 is 2.20 bits per heavy atom. The molecule has 0 aromatic carbocycles. The fraction of sp³-hybridized carbons (Fsp3) is 0.417. The number of hydrogen-bond acceptors (Lipinski definition) is 5. The Labute approximate surface area is 118 Å². The van der Waals surface area contributed by atoms with Gasteiger partial charge in [-0.2, -0.15) is 9.40 Å². The van der Waals surface area contributed by atoms with Crippen molar-refractivity contribution in [3.63, 3.8) is 0 Å². The minimum absolute atomic E-state index is 0.0163. The Kier molecular flexibility index (Phi) is 3.87. The van der Waals surface area contributed by atoms with Crippen LogP contribution in [0.1, 0.15) is 18.2 Å². The van der Waals surface area contributed by atoms with E-state index >= 15 is 0 Å². The quantitative estimate of drug-likeness (QED) is 0.895. The van der Waals surface area contributed by atoms with Crippen molar-refractivity contribution in [3.05, 3.63) is 29.9 Å². The van der Waals surface area contributed by atoms with Crippen LogP contribution in [0.5, 0.6) is 0 Å². The molecule has 2 heterocycles. The van der Waals surface area contributed by atoms with E-state index in [9.17, 15) is 8.42 Å². The number of sulfonamides is 1. The van der Waals surface area contributed by atoms with Crippen LogP contribution in [0.3, 0.4) is 0 Å². The standard InChI is InChI=1S/C12H18N4O3S/c1-4-16-8-11(12(13)14-16)20(17,18)15(3)7-10-5-6-19-9(10)2/h5-6,8H,4,7H2,1-3H3,(H2,13,14). The van der Waals surface area contributed by atoms with Gasteiger partial charge in [-0.05, 0) is 19.9 Å². The zero-order valence-corrected chi connectivity index (χ0v) is 12.5. The Balaban J connectivity index is 2.29. The van der Waals surface area contributed by atoms with Crippen molar-refractivity contribution in [2.75, 3.05) is 12.8 Å². The molecular weight excluding hydrogens is 280 g/mol. The van der Waals surface area contributed by atoms with Crippen LogP contribution in [0.2, 0.25) is 0 Å². The van der Waals surface area contributed by atoms with E-state index in [1.807, 2.05) is 6.92 Å². The molecule has 2 aromatic rings. The zero-order valence-electron chi connectivity index (χ0n) is 11.7. The molecule has 0 unspecified atom stereocenters. The van der Waals surface area contributed by atoms with Crippen LogP contribution in [0, 0.1) is 6.92 Å². The van der Waals surface area contributed by atoms with Gasteiger partial charge >= 0.3 is 0 Å². The van der Waals surface area contributed by atoms with Gasteiger partial charge in [0.25, 0.3) is 0 Å². The highest BCUT2D eigenvalue weighted by atomic mass is 32.2. The second-order valence-electron chi connectivity index (χ2n) is 4.50.